The molecule has 2 fully saturated rings. The van der Waals surface area contributed by atoms with E-state index < -0.39 is 0 Å². The summed E-state index contributed by atoms with van der Waals surface area (Å²) in [7, 11) is 4.71. The number of H-pyrrole nitrogens is 1. The van der Waals surface area contributed by atoms with Gasteiger partial charge in [-0.15, -0.1) is 0 Å². The van der Waals surface area contributed by atoms with Gasteiger partial charge in [-0.2, -0.15) is 5.10 Å². The fraction of sp³-hybridized carbons (Fsp3) is 0.464. The summed E-state index contributed by atoms with van der Waals surface area (Å²) >= 11 is 0. The summed E-state index contributed by atoms with van der Waals surface area (Å²) in [5.74, 6) is 2.44. The van der Waals surface area contributed by atoms with Gasteiger partial charge in [0.1, 0.15) is 17.5 Å². The molecule has 0 unspecified atom stereocenters. The number of pyridine rings is 1. The van der Waals surface area contributed by atoms with Crippen molar-refractivity contribution in [1.29, 1.82) is 0 Å². The second-order valence-electron chi connectivity index (χ2n) is 9.64. The van der Waals surface area contributed by atoms with Crippen LogP contribution in [0.5, 0.6) is 23.0 Å². The van der Waals surface area contributed by atoms with E-state index in [0.717, 1.165) is 63.2 Å². The second-order valence-corrected chi connectivity index (χ2v) is 9.64. The van der Waals surface area contributed by atoms with Crippen LogP contribution in [0.1, 0.15) is 36.2 Å². The molecule has 10 nitrogen and oxygen atoms in total. The van der Waals surface area contributed by atoms with E-state index in [0.29, 0.717) is 34.7 Å². The lowest BCUT2D eigenvalue weighted by Crippen LogP contribution is -2.50. The molecule has 202 valence electrons. The zero-order chi connectivity index (χ0) is 26.5. The van der Waals surface area contributed by atoms with Gasteiger partial charge in [-0.1, -0.05) is 0 Å². The Labute approximate surface area is 222 Å². The number of aromatic amines is 1. The number of amides is 1. The number of carbonyl (C=O) groups excluding carboxylic acids is 1. The van der Waals surface area contributed by atoms with Crippen LogP contribution in [0.3, 0.4) is 0 Å². The number of hydrogen-bond acceptors (Lipinski definition) is 8. The summed E-state index contributed by atoms with van der Waals surface area (Å²) in [6.45, 7) is 3.51. The van der Waals surface area contributed by atoms with Crippen LogP contribution in [-0.2, 0) is 0 Å². The van der Waals surface area contributed by atoms with Crippen molar-refractivity contribution in [3.8, 4) is 34.3 Å². The first-order valence-electron chi connectivity index (χ1n) is 13.1. The lowest BCUT2D eigenvalue weighted by atomic mass is 9.98. The highest BCUT2D eigenvalue weighted by atomic mass is 16.5. The van der Waals surface area contributed by atoms with Crippen LogP contribution >= 0.6 is 0 Å². The van der Waals surface area contributed by atoms with Gasteiger partial charge in [0.25, 0.3) is 5.91 Å². The lowest BCUT2D eigenvalue weighted by molar-refractivity contribution is 0.0422. The second kappa shape index (κ2) is 11.7. The van der Waals surface area contributed by atoms with Crippen molar-refractivity contribution in [3.63, 3.8) is 0 Å². The Morgan fingerprint density at radius 3 is 2.16 bits per heavy atom. The molecule has 1 aromatic carbocycles. The highest BCUT2D eigenvalue weighted by molar-refractivity contribution is 5.93. The van der Waals surface area contributed by atoms with E-state index in [9.17, 15) is 4.79 Å². The number of piperidine rings is 2. The van der Waals surface area contributed by atoms with Crippen molar-refractivity contribution in [2.45, 2.75) is 37.8 Å². The normalized spacial score (nSPS) is 17.3. The lowest BCUT2D eigenvalue weighted by Gasteiger charge is -2.41. The maximum atomic E-state index is 13.2. The van der Waals surface area contributed by atoms with Crippen molar-refractivity contribution in [2.24, 2.45) is 0 Å². The third-order valence-electron chi connectivity index (χ3n) is 7.47. The van der Waals surface area contributed by atoms with Gasteiger partial charge in [-0.05, 0) is 56.0 Å². The number of nitrogens with zero attached hydrogens (tertiary/aromatic N) is 4. The topological polar surface area (TPSA) is 102 Å². The van der Waals surface area contributed by atoms with Crippen molar-refractivity contribution in [3.05, 3.63) is 48.4 Å². The van der Waals surface area contributed by atoms with Crippen LogP contribution in [0.4, 0.5) is 0 Å². The summed E-state index contributed by atoms with van der Waals surface area (Å²) in [5, 5.41) is 7.31. The SMILES string of the molecule is COc1cc(-c2cc(C(=O)N3CCC(N4CCC(Oc5ccncc5)CC4)CC3)[nH]n2)cc(OC)c1OC. The van der Waals surface area contributed by atoms with Crippen molar-refractivity contribution in [2.75, 3.05) is 47.5 Å². The highest BCUT2D eigenvalue weighted by Crippen LogP contribution is 2.41. The number of benzene rings is 1. The summed E-state index contributed by atoms with van der Waals surface area (Å²) in [4.78, 5) is 21.8. The summed E-state index contributed by atoms with van der Waals surface area (Å²) < 4.78 is 22.4. The number of nitrogens with one attached hydrogen (secondary N) is 1. The van der Waals surface area contributed by atoms with Crippen LogP contribution in [0.25, 0.3) is 11.3 Å². The first kappa shape index (κ1) is 25.8. The van der Waals surface area contributed by atoms with E-state index in [1.165, 1.54) is 0 Å². The van der Waals surface area contributed by atoms with Gasteiger partial charge < -0.3 is 23.8 Å². The number of hydrogen-bond donors (Lipinski definition) is 1. The van der Waals surface area contributed by atoms with E-state index in [4.69, 9.17) is 18.9 Å². The molecular formula is C28H35N5O5. The van der Waals surface area contributed by atoms with Crippen molar-refractivity contribution >= 4 is 5.91 Å². The molecule has 2 aliphatic rings. The molecule has 0 aliphatic carbocycles. The molecule has 1 N–H and O–H groups in total. The Balaban J connectivity index is 1.15. The van der Waals surface area contributed by atoms with E-state index in [1.54, 1.807) is 39.8 Å². The number of methoxy groups -OCH3 is 3. The molecule has 5 rings (SSSR count). The molecular weight excluding hydrogens is 486 g/mol. The van der Waals surface area contributed by atoms with Crippen LogP contribution < -0.4 is 18.9 Å². The average Bonchev–Trinajstić information content (AvgIpc) is 3.47. The molecule has 0 radical (unpaired) electrons. The Hall–Kier alpha value is -3.79. The third-order valence-corrected chi connectivity index (χ3v) is 7.47. The first-order chi connectivity index (χ1) is 18.6. The molecule has 1 amide bonds. The summed E-state index contributed by atoms with van der Waals surface area (Å²) in [5.41, 5.74) is 1.88. The smallest absolute Gasteiger partial charge is 0.271 e. The minimum atomic E-state index is -0.0286. The number of rotatable bonds is 8. The van der Waals surface area contributed by atoms with E-state index in [-0.39, 0.29) is 12.0 Å². The van der Waals surface area contributed by atoms with E-state index >= 15 is 0 Å². The summed E-state index contributed by atoms with van der Waals surface area (Å²) in [6.07, 6.45) is 7.73. The van der Waals surface area contributed by atoms with E-state index in [2.05, 4.69) is 20.1 Å². The Bertz CT molecular complexity index is 1190. The zero-order valence-electron chi connectivity index (χ0n) is 22.2. The Morgan fingerprint density at radius 2 is 1.55 bits per heavy atom. The van der Waals surface area contributed by atoms with Gasteiger partial charge in [0.15, 0.2) is 11.5 Å². The molecule has 38 heavy (non-hydrogen) atoms. The number of carbonyl (C=O) groups is 1. The quantitative estimate of drug-likeness (QED) is 0.479. The van der Waals surface area contributed by atoms with Gasteiger partial charge in [0.05, 0.1) is 27.0 Å². The molecule has 2 aliphatic heterocycles. The fourth-order valence-corrected chi connectivity index (χ4v) is 5.38. The number of aromatic nitrogens is 3. The maximum absolute atomic E-state index is 13.2. The molecule has 0 saturated carbocycles. The average molecular weight is 522 g/mol. The van der Waals surface area contributed by atoms with Crippen molar-refractivity contribution < 1.29 is 23.7 Å². The standard InChI is InChI=1S/C28H35N5O5/c1-35-25-16-19(17-26(36-2)27(25)37-3)23-18-24(31-30-23)28(34)33-12-6-20(7-13-33)32-14-8-22(9-15-32)38-21-4-10-29-11-5-21/h4-5,10-11,16-18,20,22H,6-9,12-15H2,1-3H3,(H,30,31). The number of likely N-dealkylation sites (tertiary alicyclic amines) is 2. The van der Waals surface area contributed by atoms with Crippen LogP contribution in [-0.4, -0.2) is 90.5 Å². The highest BCUT2D eigenvalue weighted by Gasteiger charge is 2.31. The minimum Gasteiger partial charge on any atom is -0.493 e. The van der Waals surface area contributed by atoms with Gasteiger partial charge in [-0.3, -0.25) is 19.8 Å². The first-order valence-corrected chi connectivity index (χ1v) is 13.1. The predicted molar refractivity (Wildman–Crippen MR) is 142 cm³/mol. The minimum absolute atomic E-state index is 0.0286. The fourth-order valence-electron chi connectivity index (χ4n) is 5.38. The largest absolute Gasteiger partial charge is 0.493 e. The molecule has 3 aromatic rings. The number of ether oxygens (including phenoxy) is 4. The van der Waals surface area contributed by atoms with E-state index in [1.807, 2.05) is 29.2 Å². The van der Waals surface area contributed by atoms with Crippen LogP contribution in [0, 0.1) is 0 Å². The molecule has 2 saturated heterocycles. The summed E-state index contributed by atoms with van der Waals surface area (Å²) in [6, 6.07) is 9.74. The monoisotopic (exact) mass is 521 g/mol. The predicted octanol–water partition coefficient (Wildman–Crippen LogP) is 3.65. The van der Waals surface area contributed by atoms with Gasteiger partial charge in [-0.25, -0.2) is 0 Å². The maximum Gasteiger partial charge on any atom is 0.271 e. The van der Waals surface area contributed by atoms with Crippen LogP contribution in [0.15, 0.2) is 42.7 Å². The molecule has 2 aromatic heterocycles. The van der Waals surface area contributed by atoms with Crippen molar-refractivity contribution in [1.82, 2.24) is 25.0 Å². The zero-order valence-corrected chi connectivity index (χ0v) is 22.2. The van der Waals surface area contributed by atoms with Gasteiger partial charge in [0.2, 0.25) is 5.75 Å². The van der Waals surface area contributed by atoms with Gasteiger partial charge in [0, 0.05) is 50.2 Å². The molecule has 4 heterocycles. The Morgan fingerprint density at radius 1 is 0.895 bits per heavy atom. The Kier molecular flexibility index (Phi) is 7.97. The van der Waals surface area contributed by atoms with Crippen LogP contribution in [0.2, 0.25) is 0 Å². The molecule has 0 atom stereocenters. The van der Waals surface area contributed by atoms with Gasteiger partial charge >= 0.3 is 0 Å². The molecule has 10 heteroatoms. The molecule has 0 bridgehead atoms. The molecule has 0 spiro atoms. The third kappa shape index (κ3) is 5.55.